The maximum atomic E-state index is 8.89. The van der Waals surface area contributed by atoms with Gasteiger partial charge in [-0.2, -0.15) is 10.5 Å². The second kappa shape index (κ2) is 8.01. The standard InChI is InChI=1S/C19H30N2O4/c1-17(2,5-7-20)9-15-22-11-19(12-23-15)13-24-16(25-14-19)10-18(3,4)6-8-21/h15-16H,5-6,9-14H2,1-4H3. The Morgan fingerprint density at radius 1 is 0.760 bits per heavy atom. The summed E-state index contributed by atoms with van der Waals surface area (Å²) >= 11 is 0. The van der Waals surface area contributed by atoms with Crippen LogP contribution < -0.4 is 0 Å². The molecular formula is C19H30N2O4. The molecule has 6 nitrogen and oxygen atoms in total. The van der Waals surface area contributed by atoms with Gasteiger partial charge in [0.2, 0.25) is 0 Å². The lowest BCUT2D eigenvalue weighted by Crippen LogP contribution is -2.53. The fraction of sp³-hybridized carbons (Fsp3) is 0.895. The molecule has 0 aliphatic carbocycles. The molecule has 2 heterocycles. The van der Waals surface area contributed by atoms with E-state index in [0.717, 1.165) is 0 Å². The molecule has 2 rings (SSSR count). The van der Waals surface area contributed by atoms with Gasteiger partial charge in [0.05, 0.1) is 44.0 Å². The average Bonchev–Trinajstić information content (AvgIpc) is 2.51. The fourth-order valence-corrected chi connectivity index (χ4v) is 3.14. The summed E-state index contributed by atoms with van der Waals surface area (Å²) in [5.74, 6) is 0. The molecule has 140 valence electrons. The molecule has 1 spiro atoms. The molecule has 0 bridgehead atoms. The predicted molar refractivity (Wildman–Crippen MR) is 91.1 cm³/mol. The van der Waals surface area contributed by atoms with Crippen molar-refractivity contribution < 1.29 is 18.9 Å². The third-order valence-electron chi connectivity index (χ3n) is 4.86. The topological polar surface area (TPSA) is 84.5 Å². The summed E-state index contributed by atoms with van der Waals surface area (Å²) in [5, 5.41) is 17.8. The fourth-order valence-electron chi connectivity index (χ4n) is 3.14. The Morgan fingerprint density at radius 2 is 1.08 bits per heavy atom. The first kappa shape index (κ1) is 20.1. The van der Waals surface area contributed by atoms with Crippen molar-refractivity contribution in [2.45, 2.75) is 66.0 Å². The molecule has 2 aliphatic heterocycles. The minimum atomic E-state index is -0.277. The zero-order valence-electron chi connectivity index (χ0n) is 15.8. The highest BCUT2D eigenvalue weighted by Gasteiger charge is 2.43. The number of ether oxygens (including phenoxy) is 4. The van der Waals surface area contributed by atoms with Crippen LogP contribution in [0.25, 0.3) is 0 Å². The molecule has 6 heteroatoms. The summed E-state index contributed by atoms with van der Waals surface area (Å²) in [6.07, 6.45) is 1.80. The lowest BCUT2D eigenvalue weighted by atomic mass is 9.84. The Balaban J connectivity index is 1.78. The minimum Gasteiger partial charge on any atom is -0.352 e. The van der Waals surface area contributed by atoms with Crippen LogP contribution in [0.1, 0.15) is 53.4 Å². The number of rotatable bonds is 6. The molecule has 0 atom stereocenters. The van der Waals surface area contributed by atoms with E-state index in [2.05, 4.69) is 12.1 Å². The van der Waals surface area contributed by atoms with Gasteiger partial charge < -0.3 is 18.9 Å². The highest BCUT2D eigenvalue weighted by atomic mass is 16.7. The third-order valence-corrected chi connectivity index (χ3v) is 4.86. The number of nitriles is 2. The largest absolute Gasteiger partial charge is 0.352 e. The van der Waals surface area contributed by atoms with Crippen LogP contribution in [-0.2, 0) is 18.9 Å². The van der Waals surface area contributed by atoms with Crippen LogP contribution in [0.4, 0.5) is 0 Å². The van der Waals surface area contributed by atoms with Gasteiger partial charge in [0.25, 0.3) is 0 Å². The Kier molecular flexibility index (Phi) is 6.45. The van der Waals surface area contributed by atoms with E-state index in [1.807, 2.05) is 27.7 Å². The highest BCUT2D eigenvalue weighted by molar-refractivity contribution is 4.89. The zero-order chi connectivity index (χ0) is 18.6. The average molecular weight is 350 g/mol. The van der Waals surface area contributed by atoms with Crippen molar-refractivity contribution in [1.82, 2.24) is 0 Å². The maximum absolute atomic E-state index is 8.89. The summed E-state index contributed by atoms with van der Waals surface area (Å²) in [6.45, 7) is 10.3. The number of hydrogen-bond donors (Lipinski definition) is 0. The Hall–Kier alpha value is -1.18. The van der Waals surface area contributed by atoms with Crippen LogP contribution >= 0.6 is 0 Å². The lowest BCUT2D eigenvalue weighted by molar-refractivity contribution is -0.309. The van der Waals surface area contributed by atoms with Crippen molar-refractivity contribution in [3.63, 3.8) is 0 Å². The van der Waals surface area contributed by atoms with Crippen molar-refractivity contribution >= 4 is 0 Å². The van der Waals surface area contributed by atoms with Crippen molar-refractivity contribution in [3.8, 4) is 12.1 Å². The second-order valence-corrected chi connectivity index (χ2v) is 9.01. The van der Waals surface area contributed by atoms with E-state index in [0.29, 0.717) is 52.1 Å². The van der Waals surface area contributed by atoms with Crippen molar-refractivity contribution in [3.05, 3.63) is 0 Å². The normalized spacial score (nSPS) is 30.6. The molecule has 25 heavy (non-hydrogen) atoms. The minimum absolute atomic E-state index is 0.124. The van der Waals surface area contributed by atoms with Gasteiger partial charge in [-0.1, -0.05) is 27.7 Å². The molecule has 0 aromatic carbocycles. The molecule has 2 aliphatic rings. The van der Waals surface area contributed by atoms with E-state index in [4.69, 9.17) is 29.5 Å². The van der Waals surface area contributed by atoms with Gasteiger partial charge >= 0.3 is 0 Å². The molecule has 0 aromatic rings. The van der Waals surface area contributed by atoms with Gasteiger partial charge in [-0.15, -0.1) is 0 Å². The van der Waals surface area contributed by atoms with Crippen molar-refractivity contribution in [2.24, 2.45) is 16.2 Å². The predicted octanol–water partition coefficient (Wildman–Crippen LogP) is 3.38. The summed E-state index contributed by atoms with van der Waals surface area (Å²) in [4.78, 5) is 0. The van der Waals surface area contributed by atoms with Crippen LogP contribution in [0.15, 0.2) is 0 Å². The summed E-state index contributed by atoms with van der Waals surface area (Å²) in [6, 6.07) is 4.43. The van der Waals surface area contributed by atoms with Gasteiger partial charge in [-0.3, -0.25) is 0 Å². The number of nitrogens with zero attached hydrogens (tertiary/aromatic N) is 2. The SMILES string of the molecule is CC(C)(CC#N)CC1OCC2(CO1)COC(CC(C)(C)CC#N)OC2. The summed E-state index contributed by atoms with van der Waals surface area (Å²) in [5.41, 5.74) is -0.506. The smallest absolute Gasteiger partial charge is 0.158 e. The van der Waals surface area contributed by atoms with Gasteiger partial charge in [0.15, 0.2) is 12.6 Å². The zero-order valence-corrected chi connectivity index (χ0v) is 15.8. The van der Waals surface area contributed by atoms with Crippen LogP contribution in [0, 0.1) is 38.9 Å². The first-order valence-electron chi connectivity index (χ1n) is 8.90. The van der Waals surface area contributed by atoms with Crippen LogP contribution in [-0.4, -0.2) is 39.0 Å². The van der Waals surface area contributed by atoms with Crippen LogP contribution in [0.3, 0.4) is 0 Å². The van der Waals surface area contributed by atoms with E-state index < -0.39 is 0 Å². The van der Waals surface area contributed by atoms with Gasteiger partial charge in [0, 0.05) is 25.7 Å². The van der Waals surface area contributed by atoms with E-state index in [9.17, 15) is 0 Å². The van der Waals surface area contributed by atoms with E-state index in [1.54, 1.807) is 0 Å². The maximum Gasteiger partial charge on any atom is 0.158 e. The third kappa shape index (κ3) is 5.94. The van der Waals surface area contributed by atoms with Crippen LogP contribution in [0.5, 0.6) is 0 Å². The van der Waals surface area contributed by atoms with E-state index in [1.165, 1.54) is 0 Å². The molecule has 0 saturated carbocycles. The van der Waals surface area contributed by atoms with E-state index in [-0.39, 0.29) is 28.8 Å². The Morgan fingerprint density at radius 3 is 1.36 bits per heavy atom. The Bertz CT molecular complexity index is 465. The van der Waals surface area contributed by atoms with Gasteiger partial charge in [-0.05, 0) is 10.8 Å². The summed E-state index contributed by atoms with van der Waals surface area (Å²) < 4.78 is 23.6. The molecule has 0 amide bonds. The monoisotopic (exact) mass is 350 g/mol. The quantitative estimate of drug-likeness (QED) is 0.730. The van der Waals surface area contributed by atoms with Crippen LogP contribution in [0.2, 0.25) is 0 Å². The number of hydrogen-bond acceptors (Lipinski definition) is 6. The lowest BCUT2D eigenvalue weighted by Gasteiger charge is -2.45. The second-order valence-electron chi connectivity index (χ2n) is 9.01. The molecule has 0 radical (unpaired) electrons. The molecule has 2 fully saturated rings. The molecule has 0 N–H and O–H groups in total. The molecule has 0 unspecified atom stereocenters. The first-order valence-corrected chi connectivity index (χ1v) is 8.90. The van der Waals surface area contributed by atoms with Crippen molar-refractivity contribution in [1.29, 1.82) is 10.5 Å². The van der Waals surface area contributed by atoms with E-state index >= 15 is 0 Å². The summed E-state index contributed by atoms with van der Waals surface area (Å²) in [7, 11) is 0. The highest BCUT2D eigenvalue weighted by Crippen LogP contribution is 2.37. The molecular weight excluding hydrogens is 320 g/mol. The van der Waals surface area contributed by atoms with Gasteiger partial charge in [-0.25, -0.2) is 0 Å². The molecule has 0 aromatic heterocycles. The van der Waals surface area contributed by atoms with Gasteiger partial charge in [0.1, 0.15) is 0 Å². The first-order chi connectivity index (χ1) is 11.7. The molecule has 2 saturated heterocycles. The Labute approximate surface area is 151 Å². The van der Waals surface area contributed by atoms with Crippen molar-refractivity contribution in [2.75, 3.05) is 26.4 Å².